The Kier molecular flexibility index (Phi) is 11.9. The van der Waals surface area contributed by atoms with Crippen LogP contribution in [0.2, 0.25) is 0 Å². The highest BCUT2D eigenvalue weighted by Gasteiger charge is 2.40. The van der Waals surface area contributed by atoms with Gasteiger partial charge in [0.05, 0.1) is 18.5 Å². The largest absolute Gasteiger partial charge is 0.495 e. The van der Waals surface area contributed by atoms with Crippen molar-refractivity contribution in [3.05, 3.63) is 98.8 Å². The fourth-order valence-electron chi connectivity index (χ4n) is 5.52. The van der Waals surface area contributed by atoms with E-state index in [-0.39, 0.29) is 18.0 Å². The fraction of sp³-hybridized carbons (Fsp3) is 0.395. The zero-order chi connectivity index (χ0) is 36.7. The minimum absolute atomic E-state index is 0.118. The number of amides is 2. The molecule has 0 saturated carbocycles. The van der Waals surface area contributed by atoms with Gasteiger partial charge in [-0.05, 0) is 68.7 Å². The normalized spacial score (nSPS) is 12.6. The summed E-state index contributed by atoms with van der Waals surface area (Å²) < 4.78 is 14.7. The topological polar surface area (TPSA) is 143 Å². The Bertz CT molecular complexity index is 1970. The number of nitrogens with zero attached hydrogens (tertiary/aromatic N) is 3. The first-order chi connectivity index (χ1) is 23.7. The summed E-state index contributed by atoms with van der Waals surface area (Å²) in [5.74, 6) is -1.13. The van der Waals surface area contributed by atoms with E-state index < -0.39 is 46.5 Å². The molecule has 12 heteroatoms. The maximum Gasteiger partial charge on any atom is 0.353 e. The number of ether oxygens (including phenoxy) is 2. The van der Waals surface area contributed by atoms with E-state index >= 15 is 0 Å². The predicted octanol–water partition coefficient (Wildman–Crippen LogP) is 5.82. The maximum absolute atomic E-state index is 14.2. The second kappa shape index (κ2) is 15.9. The van der Waals surface area contributed by atoms with Gasteiger partial charge in [-0.3, -0.25) is 14.4 Å². The van der Waals surface area contributed by atoms with E-state index in [0.717, 1.165) is 22.1 Å². The zero-order valence-electron chi connectivity index (χ0n) is 30.0. The number of hydrogen-bond acceptors (Lipinski definition) is 7. The van der Waals surface area contributed by atoms with Crippen LogP contribution in [0.25, 0.3) is 5.69 Å². The van der Waals surface area contributed by atoms with Crippen molar-refractivity contribution in [2.75, 3.05) is 17.7 Å². The van der Waals surface area contributed by atoms with Crippen LogP contribution in [0.15, 0.2) is 76.3 Å². The molecule has 0 aliphatic carbocycles. The van der Waals surface area contributed by atoms with Gasteiger partial charge in [-0.15, -0.1) is 0 Å². The van der Waals surface area contributed by atoms with Crippen molar-refractivity contribution >= 4 is 29.0 Å². The highest BCUT2D eigenvalue weighted by atomic mass is 16.5. The molecule has 50 heavy (non-hydrogen) atoms. The summed E-state index contributed by atoms with van der Waals surface area (Å²) in [7, 11) is 1.41. The summed E-state index contributed by atoms with van der Waals surface area (Å²) in [6, 6.07) is 17.1. The van der Waals surface area contributed by atoms with Crippen LogP contribution in [0.1, 0.15) is 71.0 Å². The third-order valence-electron chi connectivity index (χ3n) is 8.26. The van der Waals surface area contributed by atoms with E-state index in [9.17, 15) is 24.0 Å². The van der Waals surface area contributed by atoms with Gasteiger partial charge >= 0.3 is 11.4 Å². The molecule has 4 aromatic rings. The van der Waals surface area contributed by atoms with Crippen LogP contribution in [0.4, 0.5) is 11.4 Å². The molecule has 266 valence electrons. The van der Waals surface area contributed by atoms with Crippen LogP contribution >= 0.6 is 0 Å². The van der Waals surface area contributed by atoms with Crippen LogP contribution < -0.4 is 31.5 Å². The summed E-state index contributed by atoms with van der Waals surface area (Å²) in [4.78, 5) is 69.5. The molecule has 4 rings (SSSR count). The lowest BCUT2D eigenvalue weighted by molar-refractivity contribution is -0.135. The van der Waals surface area contributed by atoms with Crippen LogP contribution in [0.5, 0.6) is 11.5 Å². The van der Waals surface area contributed by atoms with Crippen LogP contribution in [-0.4, -0.2) is 44.7 Å². The monoisotopic (exact) mass is 685 g/mol. The Labute approximate surface area is 292 Å². The van der Waals surface area contributed by atoms with Gasteiger partial charge in [0.1, 0.15) is 11.5 Å². The smallest absolute Gasteiger partial charge is 0.353 e. The number of aromatic nitrogens is 3. The van der Waals surface area contributed by atoms with Crippen LogP contribution in [0.3, 0.4) is 0 Å². The Balaban J connectivity index is 1.72. The molecule has 1 aromatic heterocycles. The van der Waals surface area contributed by atoms with Crippen molar-refractivity contribution in [2.24, 2.45) is 5.41 Å². The van der Waals surface area contributed by atoms with Crippen molar-refractivity contribution < 1.29 is 23.9 Å². The lowest BCUT2D eigenvalue weighted by atomic mass is 9.86. The number of anilines is 2. The van der Waals surface area contributed by atoms with Crippen molar-refractivity contribution in [3.63, 3.8) is 0 Å². The molecule has 1 heterocycles. The first-order valence-corrected chi connectivity index (χ1v) is 16.8. The number of para-hydroxylation sites is 1. The molecule has 12 nitrogen and oxygen atoms in total. The summed E-state index contributed by atoms with van der Waals surface area (Å²) >= 11 is 0. The number of aryl methyl sites for hydroxylation is 2. The Morgan fingerprint density at radius 2 is 1.52 bits per heavy atom. The number of carbonyl (C=O) groups is 3. The Morgan fingerprint density at radius 3 is 2.12 bits per heavy atom. The molecular weight excluding hydrogens is 638 g/mol. The van der Waals surface area contributed by atoms with Crippen LogP contribution in [0, 0.1) is 19.3 Å². The van der Waals surface area contributed by atoms with Gasteiger partial charge in [0, 0.05) is 17.6 Å². The summed E-state index contributed by atoms with van der Waals surface area (Å²) in [5, 5.41) is 5.54. The van der Waals surface area contributed by atoms with Crippen molar-refractivity contribution in [3.8, 4) is 17.2 Å². The Hall–Kier alpha value is -5.39. The molecule has 2 N–H and O–H groups in total. The molecule has 3 aromatic carbocycles. The van der Waals surface area contributed by atoms with Crippen molar-refractivity contribution in [2.45, 2.75) is 86.4 Å². The molecule has 2 atom stereocenters. The summed E-state index contributed by atoms with van der Waals surface area (Å²) in [5.41, 5.74) is 0.123. The standard InChI is InChI=1S/C38H47N5O7/c1-9-11-21-41-36(47)42(37(48)43(41)27-15-13-12-14-16-27)32(33(44)38(5,6)7)35(46)40-28-23-26(18-20-31(28)49-8)39-34(45)29(10-2)50-30-19-17-24(3)22-25(30)4/h12-20,22-23,29,32H,9-11,21H2,1-8H3,(H,39,45)(H,40,46). The third-order valence-corrected chi connectivity index (χ3v) is 8.26. The van der Waals surface area contributed by atoms with E-state index in [1.165, 1.54) is 22.5 Å². The number of benzene rings is 3. The highest BCUT2D eigenvalue weighted by molar-refractivity contribution is 6.11. The average molecular weight is 686 g/mol. The zero-order valence-corrected chi connectivity index (χ0v) is 30.0. The number of methoxy groups -OCH3 is 1. The summed E-state index contributed by atoms with van der Waals surface area (Å²) in [6.45, 7) is 12.7. The molecule has 0 fully saturated rings. The lowest BCUT2D eigenvalue weighted by Crippen LogP contribution is -2.46. The third kappa shape index (κ3) is 8.24. The number of unbranched alkanes of at least 4 members (excludes halogenated alkanes) is 1. The molecule has 0 aliphatic heterocycles. The molecule has 0 aliphatic rings. The predicted molar refractivity (Wildman–Crippen MR) is 194 cm³/mol. The minimum atomic E-state index is -1.81. The van der Waals surface area contributed by atoms with Gasteiger partial charge in [0.25, 0.3) is 11.8 Å². The molecule has 0 radical (unpaired) electrons. The molecule has 0 spiro atoms. The molecule has 2 amide bonds. The first kappa shape index (κ1) is 37.4. The van der Waals surface area contributed by atoms with Gasteiger partial charge in [0.15, 0.2) is 17.9 Å². The first-order valence-electron chi connectivity index (χ1n) is 16.8. The minimum Gasteiger partial charge on any atom is -0.495 e. The SMILES string of the molecule is CCCCn1c(=O)n(C(C(=O)Nc2cc(NC(=O)C(CC)Oc3ccc(C)cc3C)ccc2OC)C(=O)C(C)(C)C)c(=O)n1-c1ccccc1. The number of ketones is 1. The van der Waals surface area contributed by atoms with E-state index in [1.54, 1.807) is 63.2 Å². The quantitative estimate of drug-likeness (QED) is 0.159. The Morgan fingerprint density at radius 1 is 0.840 bits per heavy atom. The number of nitrogens with one attached hydrogen (secondary N) is 2. The van der Waals surface area contributed by atoms with Crippen molar-refractivity contribution in [1.82, 2.24) is 13.9 Å². The van der Waals surface area contributed by atoms with Gasteiger partial charge in [-0.25, -0.2) is 18.8 Å². The average Bonchev–Trinajstić information content (AvgIpc) is 3.31. The summed E-state index contributed by atoms with van der Waals surface area (Å²) in [6.07, 6.45) is 0.919. The molecule has 2 unspecified atom stereocenters. The van der Waals surface area contributed by atoms with Gasteiger partial charge < -0.3 is 20.1 Å². The number of carbonyl (C=O) groups excluding carboxylic acids is 3. The number of rotatable bonds is 14. The van der Waals surface area contributed by atoms with Crippen LogP contribution in [-0.2, 0) is 20.9 Å². The van der Waals surface area contributed by atoms with E-state index in [4.69, 9.17) is 9.47 Å². The molecule has 0 saturated heterocycles. The van der Waals surface area contributed by atoms with Crippen molar-refractivity contribution in [1.29, 1.82) is 0 Å². The number of Topliss-reactive ketones (excluding diaryl/α,β-unsaturated/α-hetero) is 1. The molecule has 0 bridgehead atoms. The lowest BCUT2D eigenvalue weighted by Gasteiger charge is -2.24. The number of hydrogen-bond donors (Lipinski definition) is 2. The fourth-order valence-corrected chi connectivity index (χ4v) is 5.52. The molecular formula is C38H47N5O7. The van der Waals surface area contributed by atoms with E-state index in [1.807, 2.05) is 45.9 Å². The van der Waals surface area contributed by atoms with Gasteiger partial charge in [0.2, 0.25) is 0 Å². The second-order valence-corrected chi connectivity index (χ2v) is 13.3. The van der Waals surface area contributed by atoms with Gasteiger partial charge in [-0.1, -0.05) is 76.9 Å². The second-order valence-electron chi connectivity index (χ2n) is 13.3. The van der Waals surface area contributed by atoms with Gasteiger partial charge in [-0.2, -0.15) is 4.68 Å². The maximum atomic E-state index is 14.2. The van der Waals surface area contributed by atoms with E-state index in [0.29, 0.717) is 30.0 Å². The highest BCUT2D eigenvalue weighted by Crippen LogP contribution is 2.31. The van der Waals surface area contributed by atoms with E-state index in [2.05, 4.69) is 10.6 Å².